The predicted molar refractivity (Wildman–Crippen MR) is 71.7 cm³/mol. The van der Waals surface area contributed by atoms with Gasteiger partial charge in [0, 0.05) is 24.6 Å². The van der Waals surface area contributed by atoms with Crippen LogP contribution in [-0.4, -0.2) is 37.7 Å². The van der Waals surface area contributed by atoms with E-state index in [0.717, 1.165) is 30.3 Å². The van der Waals surface area contributed by atoms with Gasteiger partial charge in [0.25, 0.3) is 0 Å². The van der Waals surface area contributed by atoms with Gasteiger partial charge >= 0.3 is 5.97 Å². The number of ether oxygens (including phenoxy) is 1. The highest BCUT2D eigenvalue weighted by Crippen LogP contribution is 2.30. The van der Waals surface area contributed by atoms with E-state index in [1.165, 1.54) is 7.11 Å². The first kappa shape index (κ1) is 12.1. The van der Waals surface area contributed by atoms with Crippen molar-refractivity contribution in [3.63, 3.8) is 0 Å². The van der Waals surface area contributed by atoms with Gasteiger partial charge in [-0.05, 0) is 12.1 Å². The summed E-state index contributed by atoms with van der Waals surface area (Å²) in [6.45, 7) is 1.84. The molecular formula is C12H16N2O2S. The summed E-state index contributed by atoms with van der Waals surface area (Å²) >= 11 is 1.92. The van der Waals surface area contributed by atoms with Crippen molar-refractivity contribution < 1.29 is 9.53 Å². The molecule has 0 spiro atoms. The monoisotopic (exact) mass is 252 g/mol. The zero-order valence-electron chi connectivity index (χ0n) is 9.81. The van der Waals surface area contributed by atoms with Gasteiger partial charge in [-0.25, -0.2) is 4.79 Å². The molecule has 0 amide bonds. The number of benzene rings is 1. The maximum atomic E-state index is 11.7. The van der Waals surface area contributed by atoms with Gasteiger partial charge in [-0.3, -0.25) is 0 Å². The molecular weight excluding hydrogens is 236 g/mol. The minimum absolute atomic E-state index is 0.328. The number of para-hydroxylation sites is 1. The first-order chi connectivity index (χ1) is 8.24. The van der Waals surface area contributed by atoms with Gasteiger partial charge in [0.1, 0.15) is 0 Å². The molecule has 0 saturated carbocycles. The van der Waals surface area contributed by atoms with Crippen LogP contribution in [0.25, 0.3) is 0 Å². The first-order valence-electron chi connectivity index (χ1n) is 5.53. The zero-order chi connectivity index (χ0) is 12.3. The number of carbonyl (C=O) groups excluding carboxylic acids is 1. The minimum Gasteiger partial charge on any atom is -0.465 e. The van der Waals surface area contributed by atoms with E-state index in [4.69, 9.17) is 10.5 Å². The van der Waals surface area contributed by atoms with E-state index in [-0.39, 0.29) is 5.97 Å². The van der Waals surface area contributed by atoms with Crippen LogP contribution in [-0.2, 0) is 4.74 Å². The summed E-state index contributed by atoms with van der Waals surface area (Å²) in [5, 5.41) is 0. The van der Waals surface area contributed by atoms with E-state index >= 15 is 0 Å². The van der Waals surface area contributed by atoms with Crippen LogP contribution in [0.4, 0.5) is 11.4 Å². The number of anilines is 2. The normalized spacial score (nSPS) is 15.7. The fourth-order valence-corrected chi connectivity index (χ4v) is 2.88. The van der Waals surface area contributed by atoms with Crippen LogP contribution in [0.5, 0.6) is 0 Å². The van der Waals surface area contributed by atoms with Gasteiger partial charge < -0.3 is 15.4 Å². The predicted octanol–water partition coefficient (Wildman–Crippen LogP) is 1.61. The van der Waals surface area contributed by atoms with Gasteiger partial charge in [0.2, 0.25) is 0 Å². The third kappa shape index (κ3) is 2.49. The zero-order valence-corrected chi connectivity index (χ0v) is 10.6. The lowest BCUT2D eigenvalue weighted by atomic mass is 10.1. The maximum Gasteiger partial charge on any atom is 0.340 e. The van der Waals surface area contributed by atoms with Crippen molar-refractivity contribution in [3.05, 3.63) is 23.8 Å². The molecule has 2 rings (SSSR count). The Balaban J connectivity index is 2.39. The number of nitrogen functional groups attached to an aromatic ring is 1. The van der Waals surface area contributed by atoms with Gasteiger partial charge in [-0.2, -0.15) is 11.8 Å². The van der Waals surface area contributed by atoms with E-state index in [1.807, 2.05) is 17.8 Å². The van der Waals surface area contributed by atoms with Crippen LogP contribution >= 0.6 is 11.8 Å². The van der Waals surface area contributed by atoms with Crippen LogP contribution in [0.3, 0.4) is 0 Å². The maximum absolute atomic E-state index is 11.7. The SMILES string of the molecule is COC(=O)c1cccc(N)c1N1CCSCC1. The lowest BCUT2D eigenvalue weighted by Gasteiger charge is -2.30. The van der Waals surface area contributed by atoms with Crippen molar-refractivity contribution in [2.75, 3.05) is 42.3 Å². The molecule has 5 heteroatoms. The molecule has 1 aliphatic heterocycles. The summed E-state index contributed by atoms with van der Waals surface area (Å²) in [6, 6.07) is 5.37. The standard InChI is InChI=1S/C12H16N2O2S/c1-16-12(15)9-3-2-4-10(13)11(9)14-5-7-17-8-6-14/h2-4H,5-8,13H2,1H3. The second-order valence-corrected chi connectivity index (χ2v) is 5.06. The molecule has 1 aromatic rings. The Bertz CT molecular complexity index is 417. The third-order valence-electron chi connectivity index (χ3n) is 2.80. The Kier molecular flexibility index (Phi) is 3.78. The molecule has 1 aliphatic rings. The molecule has 0 aromatic heterocycles. The van der Waals surface area contributed by atoms with E-state index < -0.39 is 0 Å². The molecule has 0 aliphatic carbocycles. The lowest BCUT2D eigenvalue weighted by Crippen LogP contribution is -2.34. The van der Waals surface area contributed by atoms with E-state index in [2.05, 4.69) is 4.90 Å². The summed E-state index contributed by atoms with van der Waals surface area (Å²) in [4.78, 5) is 13.9. The third-order valence-corrected chi connectivity index (χ3v) is 3.74. The van der Waals surface area contributed by atoms with Gasteiger partial charge in [-0.15, -0.1) is 0 Å². The Morgan fingerprint density at radius 1 is 1.41 bits per heavy atom. The lowest BCUT2D eigenvalue weighted by molar-refractivity contribution is 0.0601. The molecule has 1 fully saturated rings. The molecule has 0 atom stereocenters. The summed E-state index contributed by atoms with van der Waals surface area (Å²) in [5.41, 5.74) is 8.00. The van der Waals surface area contributed by atoms with Gasteiger partial charge in [-0.1, -0.05) is 6.07 Å². The Morgan fingerprint density at radius 3 is 2.76 bits per heavy atom. The number of rotatable bonds is 2. The largest absolute Gasteiger partial charge is 0.465 e. The molecule has 0 bridgehead atoms. The number of hydrogen-bond donors (Lipinski definition) is 1. The highest BCUT2D eigenvalue weighted by Gasteiger charge is 2.21. The molecule has 1 saturated heterocycles. The number of methoxy groups -OCH3 is 1. The van der Waals surface area contributed by atoms with E-state index in [1.54, 1.807) is 12.1 Å². The van der Waals surface area contributed by atoms with Gasteiger partial charge in [0.15, 0.2) is 0 Å². The Morgan fingerprint density at radius 2 is 2.12 bits per heavy atom. The fourth-order valence-electron chi connectivity index (χ4n) is 1.98. The first-order valence-corrected chi connectivity index (χ1v) is 6.69. The van der Waals surface area contributed by atoms with E-state index in [9.17, 15) is 4.79 Å². The summed E-state index contributed by atoms with van der Waals surface area (Å²) in [6.07, 6.45) is 0. The van der Waals surface area contributed by atoms with Crippen LogP contribution in [0.15, 0.2) is 18.2 Å². The van der Waals surface area contributed by atoms with Crippen molar-refractivity contribution in [2.45, 2.75) is 0 Å². The van der Waals surface area contributed by atoms with Crippen molar-refractivity contribution in [1.82, 2.24) is 0 Å². The molecule has 17 heavy (non-hydrogen) atoms. The molecule has 0 unspecified atom stereocenters. The summed E-state index contributed by atoms with van der Waals surface area (Å²) in [7, 11) is 1.39. The number of thioether (sulfide) groups is 1. The number of nitrogens with two attached hydrogens (primary N) is 1. The van der Waals surface area contributed by atoms with Crippen LogP contribution in [0, 0.1) is 0 Å². The minimum atomic E-state index is -0.328. The average molecular weight is 252 g/mol. The number of esters is 1. The number of nitrogens with zero attached hydrogens (tertiary/aromatic N) is 1. The second kappa shape index (κ2) is 5.31. The molecule has 2 N–H and O–H groups in total. The molecule has 92 valence electrons. The second-order valence-electron chi connectivity index (χ2n) is 3.83. The van der Waals surface area contributed by atoms with E-state index in [0.29, 0.717) is 11.3 Å². The van der Waals surface area contributed by atoms with Crippen LogP contribution in [0.1, 0.15) is 10.4 Å². The highest BCUT2D eigenvalue weighted by atomic mass is 32.2. The van der Waals surface area contributed by atoms with Crippen molar-refractivity contribution in [1.29, 1.82) is 0 Å². The number of carbonyl (C=O) groups is 1. The molecule has 1 heterocycles. The molecule has 0 radical (unpaired) electrons. The van der Waals surface area contributed by atoms with Crippen molar-refractivity contribution >= 4 is 29.1 Å². The smallest absolute Gasteiger partial charge is 0.340 e. The average Bonchev–Trinajstić information content (AvgIpc) is 2.38. The summed E-state index contributed by atoms with van der Waals surface area (Å²) in [5.74, 6) is 1.80. The quantitative estimate of drug-likeness (QED) is 0.640. The molecule has 1 aromatic carbocycles. The Labute approximate surface area is 105 Å². The van der Waals surface area contributed by atoms with Crippen molar-refractivity contribution in [3.8, 4) is 0 Å². The van der Waals surface area contributed by atoms with Gasteiger partial charge in [0.05, 0.1) is 24.0 Å². The molecule has 4 nitrogen and oxygen atoms in total. The number of hydrogen-bond acceptors (Lipinski definition) is 5. The van der Waals surface area contributed by atoms with Crippen LogP contribution < -0.4 is 10.6 Å². The van der Waals surface area contributed by atoms with Crippen molar-refractivity contribution in [2.24, 2.45) is 0 Å². The van der Waals surface area contributed by atoms with Crippen LogP contribution in [0.2, 0.25) is 0 Å². The highest BCUT2D eigenvalue weighted by molar-refractivity contribution is 7.99. The summed E-state index contributed by atoms with van der Waals surface area (Å²) < 4.78 is 4.80. The fraction of sp³-hybridized carbons (Fsp3) is 0.417. The Hall–Kier alpha value is -1.36. The topological polar surface area (TPSA) is 55.6 Å².